The smallest absolute Gasteiger partial charge is 0.269 e. The maximum absolute atomic E-state index is 13.9. The van der Waals surface area contributed by atoms with E-state index >= 15 is 0 Å². The minimum atomic E-state index is -2.82. The third-order valence-electron chi connectivity index (χ3n) is 4.27. The van der Waals surface area contributed by atoms with Gasteiger partial charge in [0.15, 0.2) is 11.8 Å². The van der Waals surface area contributed by atoms with Crippen molar-refractivity contribution in [3.63, 3.8) is 0 Å². The Kier molecular flexibility index (Phi) is 6.11. The van der Waals surface area contributed by atoms with Crippen LogP contribution >= 0.6 is 15.9 Å². The lowest BCUT2D eigenvalue weighted by Gasteiger charge is -2.33. The zero-order chi connectivity index (χ0) is 20.3. The molecule has 4 N–H and O–H groups in total. The first-order chi connectivity index (χ1) is 13.4. The molecular weight excluding hydrogens is 438 g/mol. The van der Waals surface area contributed by atoms with Crippen LogP contribution in [0, 0.1) is 0 Å². The lowest BCUT2D eigenvalue weighted by atomic mass is 9.90. The highest BCUT2D eigenvalue weighted by Gasteiger charge is 2.44. The molecular formula is C18H19BrF2N4O3. The average Bonchev–Trinajstić information content (AvgIpc) is 2.67. The number of nitrogens with one attached hydrogen (secondary N) is 1. The van der Waals surface area contributed by atoms with Crippen molar-refractivity contribution < 1.29 is 23.4 Å². The van der Waals surface area contributed by atoms with Gasteiger partial charge in [0.25, 0.3) is 6.43 Å². The zero-order valence-corrected chi connectivity index (χ0v) is 16.5. The van der Waals surface area contributed by atoms with Crippen LogP contribution in [0.15, 0.2) is 46.0 Å². The summed E-state index contributed by atoms with van der Waals surface area (Å²) in [7, 11) is 1.46. The summed E-state index contributed by atoms with van der Waals surface area (Å²) in [6, 6.07) is 7.88. The monoisotopic (exact) mass is 456 g/mol. The van der Waals surface area contributed by atoms with Crippen molar-refractivity contribution >= 4 is 27.5 Å². The molecule has 0 radical (unpaired) electrons. The van der Waals surface area contributed by atoms with Gasteiger partial charge in [-0.25, -0.2) is 8.78 Å². The minimum Gasteiger partial charge on any atom is -0.495 e. The second-order valence-corrected chi connectivity index (χ2v) is 7.11. The van der Waals surface area contributed by atoms with Crippen LogP contribution in [-0.2, 0) is 10.3 Å². The van der Waals surface area contributed by atoms with Gasteiger partial charge in [0.1, 0.15) is 23.9 Å². The van der Waals surface area contributed by atoms with Crippen LogP contribution in [0.1, 0.15) is 17.5 Å². The van der Waals surface area contributed by atoms with Crippen LogP contribution in [0.5, 0.6) is 5.75 Å². The summed E-state index contributed by atoms with van der Waals surface area (Å²) in [5.74, 6) is 0.376. The number of aliphatic imine (C=N–C) groups is 1. The van der Waals surface area contributed by atoms with Gasteiger partial charge in [0.05, 0.1) is 13.7 Å². The van der Waals surface area contributed by atoms with E-state index in [1.807, 2.05) is 0 Å². The number of aliphatic hydroxyl groups excluding tert-OH is 1. The van der Waals surface area contributed by atoms with Crippen LogP contribution in [0.3, 0.4) is 0 Å². The number of rotatable bonds is 6. The molecule has 0 saturated carbocycles. The van der Waals surface area contributed by atoms with Crippen molar-refractivity contribution in [2.45, 2.75) is 18.2 Å². The summed E-state index contributed by atoms with van der Waals surface area (Å²) in [5, 5.41) is 13.3. The Balaban J connectivity index is 1.90. The Morgan fingerprint density at radius 2 is 2.18 bits per heavy atom. The number of ether oxygens (including phenoxy) is 2. The van der Waals surface area contributed by atoms with Crippen LogP contribution in [0.4, 0.5) is 14.5 Å². The zero-order valence-electron chi connectivity index (χ0n) is 14.9. The van der Waals surface area contributed by atoms with Crippen molar-refractivity contribution in [1.82, 2.24) is 4.98 Å². The largest absolute Gasteiger partial charge is 0.495 e. The summed E-state index contributed by atoms with van der Waals surface area (Å²) in [5.41, 5.74) is 4.62. The molecule has 2 unspecified atom stereocenters. The maximum Gasteiger partial charge on any atom is 0.269 e. The fraction of sp³-hybridized carbons (Fsp3) is 0.333. The van der Waals surface area contributed by atoms with Gasteiger partial charge in [-0.1, -0.05) is 12.1 Å². The topological polar surface area (TPSA) is 102 Å². The normalized spacial score (nSPS) is 20.6. The number of halogens is 3. The van der Waals surface area contributed by atoms with Gasteiger partial charge in [-0.15, -0.1) is 0 Å². The number of methoxy groups -OCH3 is 1. The molecule has 1 aromatic heterocycles. The van der Waals surface area contributed by atoms with E-state index < -0.39 is 18.2 Å². The summed E-state index contributed by atoms with van der Waals surface area (Å²) in [6.45, 7) is -0.278. The SMILES string of the molecule is COc1cc(Br)cnc1C(O)Nc1cccc(C2(C(F)F)COCC(N)=N2)c1. The van der Waals surface area contributed by atoms with E-state index in [2.05, 4.69) is 31.2 Å². The molecule has 2 atom stereocenters. The van der Waals surface area contributed by atoms with Gasteiger partial charge in [-0.05, 0) is 39.7 Å². The average molecular weight is 457 g/mol. The predicted octanol–water partition coefficient (Wildman–Crippen LogP) is 2.80. The number of amidine groups is 1. The lowest BCUT2D eigenvalue weighted by Crippen LogP contribution is -2.44. The van der Waals surface area contributed by atoms with E-state index in [0.717, 1.165) is 0 Å². The van der Waals surface area contributed by atoms with Gasteiger partial charge >= 0.3 is 0 Å². The molecule has 0 amide bonds. The number of nitrogens with two attached hydrogens (primary N) is 1. The van der Waals surface area contributed by atoms with Crippen molar-refractivity contribution in [3.8, 4) is 5.75 Å². The number of pyridine rings is 1. The lowest BCUT2D eigenvalue weighted by molar-refractivity contribution is -0.0129. The molecule has 2 aromatic rings. The molecule has 0 aliphatic carbocycles. The summed E-state index contributed by atoms with van der Waals surface area (Å²) in [6.07, 6.45) is -2.53. The second kappa shape index (κ2) is 8.38. The summed E-state index contributed by atoms with van der Waals surface area (Å²) < 4.78 is 38.9. The molecule has 150 valence electrons. The van der Waals surface area contributed by atoms with Gasteiger partial charge in [-0.3, -0.25) is 9.98 Å². The molecule has 10 heteroatoms. The molecule has 0 spiro atoms. The number of nitrogens with zero attached hydrogens (tertiary/aromatic N) is 2. The van der Waals surface area contributed by atoms with Crippen molar-refractivity contribution in [2.75, 3.05) is 25.6 Å². The highest BCUT2D eigenvalue weighted by molar-refractivity contribution is 9.10. The first-order valence-electron chi connectivity index (χ1n) is 8.30. The quantitative estimate of drug-likeness (QED) is 0.577. The van der Waals surface area contributed by atoms with Crippen LogP contribution in [-0.4, -0.2) is 42.7 Å². The standard InChI is InChI=1S/C18H19BrF2N4O3/c1-27-13-6-11(19)7-23-15(13)16(26)24-12-4-2-3-10(5-12)18(17(20)21)9-28-8-14(22)25-18/h2-7,16-17,24,26H,8-9H2,1H3,(H2,22,25). The third-order valence-corrected chi connectivity index (χ3v) is 4.70. The van der Waals surface area contributed by atoms with Crippen molar-refractivity contribution in [2.24, 2.45) is 10.7 Å². The first-order valence-corrected chi connectivity index (χ1v) is 9.09. The van der Waals surface area contributed by atoms with E-state index in [9.17, 15) is 13.9 Å². The molecule has 0 saturated heterocycles. The van der Waals surface area contributed by atoms with Crippen molar-refractivity contribution in [3.05, 3.63) is 52.3 Å². The number of aromatic nitrogens is 1. The highest BCUT2D eigenvalue weighted by Crippen LogP contribution is 2.37. The molecule has 7 nitrogen and oxygen atoms in total. The van der Waals surface area contributed by atoms with Crippen LogP contribution in [0.25, 0.3) is 0 Å². The Bertz CT molecular complexity index is 884. The number of hydrogen-bond donors (Lipinski definition) is 3. The molecule has 1 aliphatic heterocycles. The fourth-order valence-corrected chi connectivity index (χ4v) is 3.23. The number of alkyl halides is 2. The van der Waals surface area contributed by atoms with E-state index in [1.54, 1.807) is 18.2 Å². The Labute approximate surface area is 168 Å². The van der Waals surface area contributed by atoms with E-state index in [1.165, 1.54) is 25.4 Å². The molecule has 3 rings (SSSR count). The molecule has 2 heterocycles. The van der Waals surface area contributed by atoms with Crippen LogP contribution in [0.2, 0.25) is 0 Å². The number of anilines is 1. The van der Waals surface area contributed by atoms with E-state index in [0.29, 0.717) is 15.9 Å². The molecule has 1 aromatic carbocycles. The Hall–Kier alpha value is -2.30. The van der Waals surface area contributed by atoms with E-state index in [4.69, 9.17) is 15.2 Å². The predicted molar refractivity (Wildman–Crippen MR) is 104 cm³/mol. The van der Waals surface area contributed by atoms with Gasteiger partial charge in [0, 0.05) is 16.4 Å². The third kappa shape index (κ3) is 4.08. The molecule has 0 fully saturated rings. The molecule has 1 aliphatic rings. The fourth-order valence-electron chi connectivity index (χ4n) is 2.92. The molecule has 0 bridgehead atoms. The number of aliphatic hydroxyl groups is 1. The maximum atomic E-state index is 13.9. The van der Waals surface area contributed by atoms with Gasteiger partial charge in [0.2, 0.25) is 0 Å². The number of benzene rings is 1. The highest BCUT2D eigenvalue weighted by atomic mass is 79.9. The van der Waals surface area contributed by atoms with Crippen LogP contribution < -0.4 is 15.8 Å². The molecule has 28 heavy (non-hydrogen) atoms. The Morgan fingerprint density at radius 1 is 1.39 bits per heavy atom. The van der Waals surface area contributed by atoms with Crippen molar-refractivity contribution in [1.29, 1.82) is 0 Å². The minimum absolute atomic E-state index is 0.00810. The van der Waals surface area contributed by atoms with Gasteiger partial charge in [-0.2, -0.15) is 0 Å². The number of hydrogen-bond acceptors (Lipinski definition) is 7. The first kappa shape index (κ1) is 20.4. The summed E-state index contributed by atoms with van der Waals surface area (Å²) >= 11 is 3.28. The Morgan fingerprint density at radius 3 is 2.86 bits per heavy atom. The summed E-state index contributed by atoms with van der Waals surface area (Å²) in [4.78, 5) is 8.14. The second-order valence-electron chi connectivity index (χ2n) is 6.19. The van der Waals surface area contributed by atoms with Gasteiger partial charge < -0.3 is 25.6 Å². The van der Waals surface area contributed by atoms with E-state index in [-0.39, 0.29) is 30.3 Å².